The second-order valence-corrected chi connectivity index (χ2v) is 8.38. The molecule has 8 heteroatoms. The maximum atomic E-state index is 13.1. The third-order valence-electron chi connectivity index (χ3n) is 5.45. The van der Waals surface area contributed by atoms with E-state index < -0.39 is 0 Å². The van der Waals surface area contributed by atoms with Gasteiger partial charge in [0.25, 0.3) is 5.91 Å². The fraction of sp³-hybridized carbons (Fsp3) is 0.280. The number of hydrogen-bond donors (Lipinski definition) is 1. The van der Waals surface area contributed by atoms with Crippen molar-refractivity contribution in [3.63, 3.8) is 0 Å². The number of nitrogens with zero attached hydrogens (tertiary/aromatic N) is 3. The first-order valence-corrected chi connectivity index (χ1v) is 11.3. The molecule has 0 saturated carbocycles. The van der Waals surface area contributed by atoms with Crippen LogP contribution in [0.5, 0.6) is 5.75 Å². The van der Waals surface area contributed by atoms with Crippen molar-refractivity contribution in [2.45, 2.75) is 13.0 Å². The van der Waals surface area contributed by atoms with Crippen LogP contribution in [0.15, 0.2) is 66.9 Å². The molecule has 0 unspecified atom stereocenters. The maximum Gasteiger partial charge on any atom is 0.262 e. The van der Waals surface area contributed by atoms with Gasteiger partial charge in [0, 0.05) is 37.7 Å². The van der Waals surface area contributed by atoms with Gasteiger partial charge in [0.2, 0.25) is 0 Å². The van der Waals surface area contributed by atoms with Crippen LogP contribution in [0.25, 0.3) is 0 Å². The normalized spacial score (nSPS) is 14.5. The minimum absolute atomic E-state index is 0.0978. The Morgan fingerprint density at radius 3 is 2.52 bits per heavy atom. The van der Waals surface area contributed by atoms with Gasteiger partial charge in [-0.1, -0.05) is 23.7 Å². The van der Waals surface area contributed by atoms with Crippen molar-refractivity contribution in [1.82, 2.24) is 9.88 Å². The highest BCUT2D eigenvalue weighted by Crippen LogP contribution is 2.18. The van der Waals surface area contributed by atoms with E-state index in [1.807, 2.05) is 24.3 Å². The number of nitrogens with one attached hydrogen (secondary N) is 1. The first-order valence-electron chi connectivity index (χ1n) is 10.9. The molecular weight excluding hydrogens is 443 g/mol. The van der Waals surface area contributed by atoms with E-state index in [-0.39, 0.29) is 18.3 Å². The molecule has 1 fully saturated rings. The Bertz CT molecular complexity index is 1050. The Hall–Kier alpha value is -3.16. The SMILES string of the molecule is O=C(COc1ccc(Cl)cc1)Nc1ccc(N2CCCN(Cc3ccc(F)cc3)CC2)nc1. The topological polar surface area (TPSA) is 57.7 Å². The van der Waals surface area contributed by atoms with Gasteiger partial charge in [-0.05, 0) is 60.5 Å². The second kappa shape index (κ2) is 11.1. The van der Waals surface area contributed by atoms with E-state index in [0.717, 1.165) is 50.5 Å². The first-order chi connectivity index (χ1) is 16.0. The van der Waals surface area contributed by atoms with Crippen LogP contribution in [0.1, 0.15) is 12.0 Å². The molecule has 1 aliphatic heterocycles. The van der Waals surface area contributed by atoms with Crippen molar-refractivity contribution in [2.24, 2.45) is 0 Å². The summed E-state index contributed by atoms with van der Waals surface area (Å²) in [6, 6.07) is 17.3. The molecule has 33 heavy (non-hydrogen) atoms. The van der Waals surface area contributed by atoms with E-state index >= 15 is 0 Å². The third-order valence-corrected chi connectivity index (χ3v) is 5.70. The van der Waals surface area contributed by atoms with Gasteiger partial charge in [-0.3, -0.25) is 9.69 Å². The molecule has 3 aromatic rings. The van der Waals surface area contributed by atoms with Crippen molar-refractivity contribution in [3.05, 3.63) is 83.3 Å². The summed E-state index contributed by atoms with van der Waals surface area (Å²) < 4.78 is 18.6. The molecule has 2 aromatic carbocycles. The van der Waals surface area contributed by atoms with Crippen molar-refractivity contribution in [1.29, 1.82) is 0 Å². The van der Waals surface area contributed by atoms with E-state index in [1.165, 1.54) is 12.1 Å². The van der Waals surface area contributed by atoms with Gasteiger partial charge >= 0.3 is 0 Å². The van der Waals surface area contributed by atoms with Crippen LogP contribution >= 0.6 is 11.6 Å². The molecule has 1 N–H and O–H groups in total. The Balaban J connectivity index is 1.25. The first kappa shape index (κ1) is 23.0. The quantitative estimate of drug-likeness (QED) is 0.549. The number of carbonyl (C=O) groups is 1. The van der Waals surface area contributed by atoms with Crippen LogP contribution in [-0.4, -0.2) is 48.6 Å². The summed E-state index contributed by atoms with van der Waals surface area (Å²) in [5, 5.41) is 3.41. The molecular formula is C25H26ClFN4O2. The molecule has 1 saturated heterocycles. The number of hydrogen-bond acceptors (Lipinski definition) is 5. The monoisotopic (exact) mass is 468 g/mol. The van der Waals surface area contributed by atoms with Gasteiger partial charge in [0.15, 0.2) is 6.61 Å². The van der Waals surface area contributed by atoms with Crippen molar-refractivity contribution in [3.8, 4) is 5.75 Å². The Kier molecular flexibility index (Phi) is 7.75. The van der Waals surface area contributed by atoms with Crippen molar-refractivity contribution >= 4 is 29.0 Å². The molecule has 4 rings (SSSR count). The van der Waals surface area contributed by atoms with Gasteiger partial charge in [-0.15, -0.1) is 0 Å². The molecule has 172 valence electrons. The van der Waals surface area contributed by atoms with E-state index in [9.17, 15) is 9.18 Å². The highest BCUT2D eigenvalue weighted by Gasteiger charge is 2.16. The zero-order valence-electron chi connectivity index (χ0n) is 18.2. The number of pyridine rings is 1. The van der Waals surface area contributed by atoms with Crippen LogP contribution < -0.4 is 15.0 Å². The van der Waals surface area contributed by atoms with Crippen molar-refractivity contribution < 1.29 is 13.9 Å². The van der Waals surface area contributed by atoms with Crippen molar-refractivity contribution in [2.75, 3.05) is 43.0 Å². The Morgan fingerprint density at radius 2 is 1.79 bits per heavy atom. The van der Waals surface area contributed by atoms with Crippen LogP contribution in [0, 0.1) is 5.82 Å². The standard InChI is InChI=1S/C25H26ClFN4O2/c26-20-4-9-23(10-5-20)33-18-25(32)29-22-8-11-24(28-16-22)31-13-1-12-30(14-15-31)17-19-2-6-21(27)7-3-19/h2-11,16H,1,12-15,17-18H2,(H,29,32). The lowest BCUT2D eigenvalue weighted by atomic mass is 10.2. The van der Waals surface area contributed by atoms with Crippen LogP contribution in [0.2, 0.25) is 5.02 Å². The summed E-state index contributed by atoms with van der Waals surface area (Å²) in [4.78, 5) is 21.3. The lowest BCUT2D eigenvalue weighted by molar-refractivity contribution is -0.118. The number of carbonyl (C=O) groups excluding carboxylic acids is 1. The van der Waals surface area contributed by atoms with Gasteiger partial charge in [-0.2, -0.15) is 0 Å². The summed E-state index contributed by atoms with van der Waals surface area (Å²) in [6.45, 7) is 4.36. The predicted octanol–water partition coefficient (Wildman–Crippen LogP) is 4.60. The van der Waals surface area contributed by atoms with E-state index in [4.69, 9.17) is 16.3 Å². The number of ether oxygens (including phenoxy) is 1. The summed E-state index contributed by atoms with van der Waals surface area (Å²) >= 11 is 5.85. The smallest absolute Gasteiger partial charge is 0.262 e. The second-order valence-electron chi connectivity index (χ2n) is 7.94. The zero-order chi connectivity index (χ0) is 23.0. The number of aromatic nitrogens is 1. The number of halogens is 2. The highest BCUT2D eigenvalue weighted by atomic mass is 35.5. The molecule has 1 aromatic heterocycles. The number of anilines is 2. The largest absolute Gasteiger partial charge is 0.484 e. The fourth-order valence-electron chi connectivity index (χ4n) is 3.73. The van der Waals surface area contributed by atoms with Crippen LogP contribution in [0.4, 0.5) is 15.9 Å². The fourth-order valence-corrected chi connectivity index (χ4v) is 3.86. The average Bonchev–Trinajstić information content (AvgIpc) is 3.06. The molecule has 0 radical (unpaired) electrons. The summed E-state index contributed by atoms with van der Waals surface area (Å²) in [5.74, 6) is 0.998. The number of amides is 1. The molecule has 1 amide bonds. The summed E-state index contributed by atoms with van der Waals surface area (Å²) in [7, 11) is 0. The molecule has 2 heterocycles. The maximum absolute atomic E-state index is 13.1. The lowest BCUT2D eigenvalue weighted by Gasteiger charge is -2.23. The highest BCUT2D eigenvalue weighted by molar-refractivity contribution is 6.30. The summed E-state index contributed by atoms with van der Waals surface area (Å²) in [5.41, 5.74) is 1.74. The van der Waals surface area contributed by atoms with E-state index in [1.54, 1.807) is 30.5 Å². The van der Waals surface area contributed by atoms with Crippen LogP contribution in [-0.2, 0) is 11.3 Å². The Morgan fingerprint density at radius 1 is 1.00 bits per heavy atom. The summed E-state index contributed by atoms with van der Waals surface area (Å²) in [6.07, 6.45) is 2.68. The molecule has 0 aliphatic carbocycles. The Labute approximate surface area is 197 Å². The minimum Gasteiger partial charge on any atom is -0.484 e. The predicted molar refractivity (Wildman–Crippen MR) is 128 cm³/mol. The lowest BCUT2D eigenvalue weighted by Crippen LogP contribution is -2.31. The molecule has 0 bridgehead atoms. The van der Waals surface area contributed by atoms with Gasteiger partial charge in [0.05, 0.1) is 11.9 Å². The van der Waals surface area contributed by atoms with Crippen LogP contribution in [0.3, 0.4) is 0 Å². The molecule has 6 nitrogen and oxygen atoms in total. The number of benzene rings is 2. The molecule has 0 spiro atoms. The zero-order valence-corrected chi connectivity index (χ0v) is 19.0. The van der Waals surface area contributed by atoms with Gasteiger partial charge in [-0.25, -0.2) is 9.37 Å². The van der Waals surface area contributed by atoms with Gasteiger partial charge < -0.3 is 15.0 Å². The average molecular weight is 469 g/mol. The van der Waals surface area contributed by atoms with E-state index in [2.05, 4.69) is 20.1 Å². The minimum atomic E-state index is -0.259. The van der Waals surface area contributed by atoms with Gasteiger partial charge in [0.1, 0.15) is 17.4 Å². The number of rotatable bonds is 7. The third kappa shape index (κ3) is 6.91. The van der Waals surface area contributed by atoms with E-state index in [0.29, 0.717) is 16.5 Å². The molecule has 1 aliphatic rings. The molecule has 0 atom stereocenters.